The molecule has 1 aromatic heterocycles. The molecule has 0 saturated carbocycles. The maximum atomic E-state index is 12.2. The molecular formula is C20H26N2O3S. The van der Waals surface area contributed by atoms with E-state index in [2.05, 4.69) is 9.38 Å². The van der Waals surface area contributed by atoms with Crippen LogP contribution in [0.4, 0.5) is 0 Å². The van der Waals surface area contributed by atoms with Crippen LogP contribution in [0.25, 0.3) is 0 Å². The van der Waals surface area contributed by atoms with Crippen LogP contribution in [0.3, 0.4) is 0 Å². The monoisotopic (exact) mass is 374 g/mol. The molecule has 0 aliphatic rings. The summed E-state index contributed by atoms with van der Waals surface area (Å²) in [6.07, 6.45) is 1.72. The molecule has 0 spiro atoms. The first-order valence-corrected chi connectivity index (χ1v) is 9.53. The minimum absolute atomic E-state index is 0.376. The zero-order valence-electron chi connectivity index (χ0n) is 16.0. The lowest BCUT2D eigenvalue weighted by atomic mass is 10.1. The van der Waals surface area contributed by atoms with Crippen LogP contribution in [0.2, 0.25) is 0 Å². The van der Waals surface area contributed by atoms with Crippen molar-refractivity contribution in [3.05, 3.63) is 59.4 Å². The molecule has 5 nitrogen and oxygen atoms in total. The Morgan fingerprint density at radius 2 is 1.85 bits per heavy atom. The van der Waals surface area contributed by atoms with E-state index in [0.717, 1.165) is 28.3 Å². The maximum absolute atomic E-state index is 12.2. The van der Waals surface area contributed by atoms with Crippen molar-refractivity contribution < 1.29 is 14.0 Å². The molecule has 1 unspecified atom stereocenters. The molecule has 26 heavy (non-hydrogen) atoms. The normalized spacial score (nSPS) is 13.5. The standard InChI is InChI=1S/C20H26N2O3S/c1-15(22-26(23)20(2,3)4)17-10-11-21-18(12-17)14-25-13-16-6-8-19(24-5)9-7-16/h6-12H,13-14H2,1-5H3/b22-15+. The van der Waals surface area contributed by atoms with E-state index in [1.54, 1.807) is 13.3 Å². The first-order chi connectivity index (χ1) is 12.3. The Morgan fingerprint density at radius 3 is 2.46 bits per heavy atom. The largest absolute Gasteiger partial charge is 0.591 e. The summed E-state index contributed by atoms with van der Waals surface area (Å²) in [6.45, 7) is 8.48. The topological polar surface area (TPSA) is 66.8 Å². The molecule has 0 amide bonds. The zero-order chi connectivity index (χ0) is 19.2. The van der Waals surface area contributed by atoms with Gasteiger partial charge in [-0.05, 0) is 57.5 Å². The molecule has 0 saturated heterocycles. The van der Waals surface area contributed by atoms with E-state index in [1.165, 1.54) is 0 Å². The van der Waals surface area contributed by atoms with Gasteiger partial charge in [0.05, 0.1) is 31.7 Å². The highest BCUT2D eigenvalue weighted by Gasteiger charge is 2.26. The molecule has 2 rings (SSSR count). The van der Waals surface area contributed by atoms with Gasteiger partial charge in [-0.1, -0.05) is 16.5 Å². The van der Waals surface area contributed by atoms with Crippen LogP contribution in [0, 0.1) is 0 Å². The minimum atomic E-state index is -1.28. The predicted octanol–water partition coefficient (Wildman–Crippen LogP) is 4.08. The molecule has 1 heterocycles. The van der Waals surface area contributed by atoms with Crippen LogP contribution >= 0.6 is 0 Å². The number of hydrogen-bond acceptors (Lipinski definition) is 5. The van der Waals surface area contributed by atoms with Gasteiger partial charge in [-0.3, -0.25) is 4.98 Å². The fourth-order valence-corrected chi connectivity index (χ4v) is 2.72. The Kier molecular flexibility index (Phi) is 7.20. The van der Waals surface area contributed by atoms with Crippen molar-refractivity contribution in [2.45, 2.75) is 45.7 Å². The number of ether oxygens (including phenoxy) is 2. The number of hydrogen-bond donors (Lipinski definition) is 0. The minimum Gasteiger partial charge on any atom is -0.591 e. The average Bonchev–Trinajstić information content (AvgIpc) is 2.61. The van der Waals surface area contributed by atoms with E-state index in [-0.39, 0.29) is 4.75 Å². The Labute approximate surface area is 158 Å². The highest BCUT2D eigenvalue weighted by molar-refractivity contribution is 7.91. The molecule has 1 atom stereocenters. The predicted molar refractivity (Wildman–Crippen MR) is 106 cm³/mol. The highest BCUT2D eigenvalue weighted by atomic mass is 32.2. The van der Waals surface area contributed by atoms with Crippen molar-refractivity contribution in [1.82, 2.24) is 4.98 Å². The molecule has 0 N–H and O–H groups in total. The van der Waals surface area contributed by atoms with Gasteiger partial charge >= 0.3 is 0 Å². The van der Waals surface area contributed by atoms with Crippen molar-refractivity contribution in [1.29, 1.82) is 0 Å². The average molecular weight is 375 g/mol. The van der Waals surface area contributed by atoms with Crippen molar-refractivity contribution in [2.75, 3.05) is 7.11 Å². The first kappa shape index (κ1) is 20.4. The quantitative estimate of drug-likeness (QED) is 0.541. The number of benzene rings is 1. The van der Waals surface area contributed by atoms with Gasteiger partial charge in [0.2, 0.25) is 0 Å². The van der Waals surface area contributed by atoms with Crippen molar-refractivity contribution in [2.24, 2.45) is 4.40 Å². The number of rotatable bonds is 7. The van der Waals surface area contributed by atoms with E-state index in [0.29, 0.717) is 13.2 Å². The van der Waals surface area contributed by atoms with Crippen molar-refractivity contribution in [3.63, 3.8) is 0 Å². The van der Waals surface area contributed by atoms with Gasteiger partial charge in [-0.15, -0.1) is 0 Å². The number of nitrogens with zero attached hydrogens (tertiary/aromatic N) is 2. The third kappa shape index (κ3) is 6.12. The fraction of sp³-hybridized carbons (Fsp3) is 0.400. The molecule has 1 aromatic carbocycles. The summed E-state index contributed by atoms with van der Waals surface area (Å²) in [5.41, 5.74) is 3.52. The number of pyridine rings is 1. The molecule has 0 radical (unpaired) electrons. The molecule has 140 valence electrons. The summed E-state index contributed by atoms with van der Waals surface area (Å²) in [6, 6.07) is 11.6. The van der Waals surface area contributed by atoms with Crippen LogP contribution in [0.15, 0.2) is 47.0 Å². The summed E-state index contributed by atoms with van der Waals surface area (Å²) in [5.74, 6) is 0.825. The van der Waals surface area contributed by atoms with Gasteiger partial charge in [-0.25, -0.2) is 0 Å². The van der Waals surface area contributed by atoms with Gasteiger partial charge in [0.25, 0.3) is 0 Å². The van der Waals surface area contributed by atoms with Gasteiger partial charge < -0.3 is 14.0 Å². The summed E-state index contributed by atoms with van der Waals surface area (Å²) in [4.78, 5) is 4.33. The summed E-state index contributed by atoms with van der Waals surface area (Å²) < 4.78 is 27.0. The van der Waals surface area contributed by atoms with Crippen LogP contribution in [-0.2, 0) is 29.3 Å². The second-order valence-corrected chi connectivity index (χ2v) is 8.82. The Balaban J connectivity index is 1.96. The number of methoxy groups -OCH3 is 1. The van der Waals surface area contributed by atoms with Crippen LogP contribution in [0.5, 0.6) is 5.75 Å². The van der Waals surface area contributed by atoms with Gasteiger partial charge in [-0.2, -0.15) is 0 Å². The molecule has 2 aromatic rings. The summed E-state index contributed by atoms with van der Waals surface area (Å²) in [7, 11) is 1.65. The molecule has 0 bridgehead atoms. The second kappa shape index (κ2) is 9.16. The van der Waals surface area contributed by atoms with Gasteiger partial charge in [0.15, 0.2) is 0 Å². The highest BCUT2D eigenvalue weighted by Crippen LogP contribution is 2.18. The van der Waals surface area contributed by atoms with Gasteiger partial charge in [0, 0.05) is 11.8 Å². The molecule has 0 fully saturated rings. The SMILES string of the molecule is COc1ccc(COCc2cc(/C(C)=N/[S+]([O-])C(C)(C)C)ccn2)cc1. The smallest absolute Gasteiger partial charge is 0.144 e. The van der Waals surface area contributed by atoms with Crippen molar-refractivity contribution >= 4 is 17.1 Å². The lowest BCUT2D eigenvalue weighted by Gasteiger charge is -2.18. The molecule has 6 heteroatoms. The molecular weight excluding hydrogens is 348 g/mol. The van der Waals surface area contributed by atoms with E-state index in [4.69, 9.17) is 9.47 Å². The summed E-state index contributed by atoms with van der Waals surface area (Å²) >= 11 is -1.28. The van der Waals surface area contributed by atoms with E-state index in [9.17, 15) is 4.55 Å². The third-order valence-corrected chi connectivity index (χ3v) is 5.14. The van der Waals surface area contributed by atoms with E-state index >= 15 is 0 Å². The first-order valence-electron chi connectivity index (χ1n) is 8.43. The van der Waals surface area contributed by atoms with Crippen molar-refractivity contribution in [3.8, 4) is 5.75 Å². The lowest BCUT2D eigenvalue weighted by molar-refractivity contribution is 0.104. The zero-order valence-corrected chi connectivity index (χ0v) is 16.8. The van der Waals surface area contributed by atoms with Gasteiger partial charge in [0.1, 0.15) is 21.9 Å². The lowest BCUT2D eigenvalue weighted by Crippen LogP contribution is -2.26. The summed E-state index contributed by atoms with van der Waals surface area (Å²) in [5, 5.41) is 0. The Bertz CT molecular complexity index is 739. The third-order valence-electron chi connectivity index (χ3n) is 3.66. The van der Waals surface area contributed by atoms with E-state index < -0.39 is 11.4 Å². The molecule has 0 aliphatic heterocycles. The number of aromatic nitrogens is 1. The Hall–Kier alpha value is -1.89. The van der Waals surface area contributed by atoms with Crippen LogP contribution in [-0.4, -0.2) is 27.1 Å². The second-order valence-electron chi connectivity index (χ2n) is 6.91. The fourth-order valence-electron chi connectivity index (χ4n) is 2.09. The van der Waals surface area contributed by atoms with E-state index in [1.807, 2.05) is 64.1 Å². The maximum Gasteiger partial charge on any atom is 0.144 e. The molecule has 0 aliphatic carbocycles. The Morgan fingerprint density at radius 1 is 1.15 bits per heavy atom. The van der Waals surface area contributed by atoms with Crippen LogP contribution < -0.4 is 4.74 Å². The van der Waals surface area contributed by atoms with Crippen LogP contribution in [0.1, 0.15) is 44.5 Å².